The number of hydrogen-bond donors (Lipinski definition) is 0. The summed E-state index contributed by atoms with van der Waals surface area (Å²) >= 11 is 1.64. The Labute approximate surface area is 127 Å². The van der Waals surface area contributed by atoms with Gasteiger partial charge in [-0.3, -0.25) is 9.59 Å². The minimum atomic E-state index is -0.253. The van der Waals surface area contributed by atoms with Crippen molar-refractivity contribution >= 4 is 23.1 Å². The Morgan fingerprint density at radius 1 is 1.43 bits per heavy atom. The van der Waals surface area contributed by atoms with Crippen LogP contribution in [0.5, 0.6) is 0 Å². The van der Waals surface area contributed by atoms with E-state index in [9.17, 15) is 9.59 Å². The van der Waals surface area contributed by atoms with Crippen molar-refractivity contribution in [3.63, 3.8) is 0 Å². The van der Waals surface area contributed by atoms with Gasteiger partial charge >= 0.3 is 5.97 Å². The standard InChI is InChI=1S/C16H17NO3S/c1-3-20-14(18)9-11-8-10-4-5-13-12(6-7-21-13)16(19)15(10)17(11)2/h6-8H,3-5,9H2,1-2H3. The zero-order valence-corrected chi connectivity index (χ0v) is 13.0. The van der Waals surface area contributed by atoms with Crippen LogP contribution in [-0.4, -0.2) is 22.9 Å². The molecule has 0 unspecified atom stereocenters. The van der Waals surface area contributed by atoms with E-state index < -0.39 is 0 Å². The molecule has 3 rings (SSSR count). The van der Waals surface area contributed by atoms with Gasteiger partial charge in [0.25, 0.3) is 0 Å². The molecule has 0 aliphatic heterocycles. The molecule has 21 heavy (non-hydrogen) atoms. The second-order valence-corrected chi connectivity index (χ2v) is 6.14. The molecule has 4 nitrogen and oxygen atoms in total. The highest BCUT2D eigenvalue weighted by atomic mass is 32.1. The lowest BCUT2D eigenvalue weighted by Gasteiger charge is -2.07. The van der Waals surface area contributed by atoms with Crippen molar-refractivity contribution in [3.05, 3.63) is 44.9 Å². The summed E-state index contributed by atoms with van der Waals surface area (Å²) in [7, 11) is 1.85. The molecule has 2 aromatic heterocycles. The number of fused-ring (bicyclic) bond motifs is 2. The number of thiophene rings is 1. The second-order valence-electron chi connectivity index (χ2n) is 5.14. The Balaban J connectivity index is 1.98. The van der Waals surface area contributed by atoms with Gasteiger partial charge in [-0.25, -0.2) is 0 Å². The number of carbonyl (C=O) groups excluding carboxylic acids is 2. The van der Waals surface area contributed by atoms with Gasteiger partial charge in [0.1, 0.15) is 0 Å². The summed E-state index contributed by atoms with van der Waals surface area (Å²) in [4.78, 5) is 25.5. The third kappa shape index (κ3) is 2.42. The van der Waals surface area contributed by atoms with Crippen molar-refractivity contribution in [1.82, 2.24) is 4.57 Å². The molecule has 0 radical (unpaired) electrons. The number of nitrogens with zero attached hydrogens (tertiary/aromatic N) is 1. The molecular weight excluding hydrogens is 286 g/mol. The zero-order valence-electron chi connectivity index (χ0n) is 12.1. The Morgan fingerprint density at radius 2 is 2.24 bits per heavy atom. The van der Waals surface area contributed by atoms with Gasteiger partial charge in [0, 0.05) is 23.2 Å². The smallest absolute Gasteiger partial charge is 0.311 e. The number of rotatable bonds is 3. The summed E-state index contributed by atoms with van der Waals surface area (Å²) < 4.78 is 6.84. The van der Waals surface area contributed by atoms with E-state index in [1.54, 1.807) is 18.3 Å². The Bertz CT molecular complexity index is 711. The number of hydrogen-bond acceptors (Lipinski definition) is 4. The SMILES string of the molecule is CCOC(=O)Cc1cc2c(n1C)C(=O)c1ccsc1CC2. The molecule has 5 heteroatoms. The lowest BCUT2D eigenvalue weighted by Crippen LogP contribution is -2.13. The van der Waals surface area contributed by atoms with Crippen LogP contribution in [0.25, 0.3) is 0 Å². The fraction of sp³-hybridized carbons (Fsp3) is 0.375. The molecule has 0 saturated carbocycles. The summed E-state index contributed by atoms with van der Waals surface area (Å²) in [5, 5.41) is 1.97. The molecule has 2 heterocycles. The fourth-order valence-corrected chi connectivity index (χ4v) is 3.73. The molecule has 0 bridgehead atoms. The van der Waals surface area contributed by atoms with E-state index in [1.165, 1.54) is 0 Å². The third-order valence-corrected chi connectivity index (χ3v) is 4.85. The van der Waals surface area contributed by atoms with Crippen LogP contribution < -0.4 is 0 Å². The normalized spacial score (nSPS) is 13.5. The topological polar surface area (TPSA) is 48.3 Å². The lowest BCUT2D eigenvalue weighted by atomic mass is 10.1. The van der Waals surface area contributed by atoms with E-state index in [-0.39, 0.29) is 18.2 Å². The average molecular weight is 303 g/mol. The molecule has 1 aliphatic rings. The first kappa shape index (κ1) is 14.1. The molecular formula is C16H17NO3S. The highest BCUT2D eigenvalue weighted by Crippen LogP contribution is 2.29. The van der Waals surface area contributed by atoms with Crippen molar-refractivity contribution in [3.8, 4) is 0 Å². The van der Waals surface area contributed by atoms with Crippen LogP contribution in [0.2, 0.25) is 0 Å². The highest BCUT2D eigenvalue weighted by Gasteiger charge is 2.26. The predicted molar refractivity (Wildman–Crippen MR) is 80.9 cm³/mol. The number of esters is 1. The summed E-state index contributed by atoms with van der Waals surface area (Å²) in [5.41, 5.74) is 3.39. The van der Waals surface area contributed by atoms with Crippen molar-refractivity contribution in [2.24, 2.45) is 7.05 Å². The van der Waals surface area contributed by atoms with Crippen LogP contribution in [0.4, 0.5) is 0 Å². The van der Waals surface area contributed by atoms with Gasteiger partial charge < -0.3 is 9.30 Å². The van der Waals surface area contributed by atoms with Crippen molar-refractivity contribution in [1.29, 1.82) is 0 Å². The van der Waals surface area contributed by atoms with E-state index in [0.717, 1.165) is 34.5 Å². The van der Waals surface area contributed by atoms with Gasteiger partial charge in [-0.1, -0.05) is 0 Å². The van der Waals surface area contributed by atoms with Gasteiger partial charge in [0.2, 0.25) is 5.78 Å². The van der Waals surface area contributed by atoms with Gasteiger partial charge in [-0.05, 0) is 42.8 Å². The molecule has 0 saturated heterocycles. The van der Waals surface area contributed by atoms with Crippen LogP contribution in [0.15, 0.2) is 17.5 Å². The van der Waals surface area contributed by atoms with Crippen LogP contribution in [-0.2, 0) is 35.8 Å². The summed E-state index contributed by atoms with van der Waals surface area (Å²) in [6.07, 6.45) is 1.93. The molecule has 0 N–H and O–H groups in total. The quantitative estimate of drug-likeness (QED) is 0.819. The Morgan fingerprint density at radius 3 is 3.00 bits per heavy atom. The van der Waals surface area contributed by atoms with Crippen LogP contribution >= 0.6 is 11.3 Å². The first-order valence-electron chi connectivity index (χ1n) is 7.06. The molecule has 1 aliphatic carbocycles. The molecule has 0 atom stereocenters. The number of ketones is 1. The molecule has 110 valence electrons. The first-order valence-corrected chi connectivity index (χ1v) is 7.94. The lowest BCUT2D eigenvalue weighted by molar-refractivity contribution is -0.142. The molecule has 0 aromatic carbocycles. The van der Waals surface area contributed by atoms with E-state index in [1.807, 2.05) is 29.1 Å². The summed E-state index contributed by atoms with van der Waals surface area (Å²) in [6.45, 7) is 2.17. The minimum absolute atomic E-state index is 0.0661. The van der Waals surface area contributed by atoms with Gasteiger partial charge in [-0.15, -0.1) is 11.3 Å². The van der Waals surface area contributed by atoms with E-state index >= 15 is 0 Å². The van der Waals surface area contributed by atoms with Crippen LogP contribution in [0, 0.1) is 0 Å². The number of carbonyl (C=O) groups is 2. The molecule has 0 amide bonds. The highest BCUT2D eigenvalue weighted by molar-refractivity contribution is 7.10. The van der Waals surface area contributed by atoms with Crippen molar-refractivity contribution < 1.29 is 14.3 Å². The van der Waals surface area contributed by atoms with Gasteiger partial charge in [0.05, 0.1) is 18.7 Å². The zero-order chi connectivity index (χ0) is 15.0. The van der Waals surface area contributed by atoms with Crippen LogP contribution in [0.1, 0.15) is 39.1 Å². The average Bonchev–Trinajstić information content (AvgIpc) is 2.99. The van der Waals surface area contributed by atoms with E-state index in [4.69, 9.17) is 4.74 Å². The maximum absolute atomic E-state index is 12.7. The monoisotopic (exact) mass is 303 g/mol. The molecule has 0 spiro atoms. The summed E-state index contributed by atoms with van der Waals surface area (Å²) in [5.74, 6) is -0.187. The van der Waals surface area contributed by atoms with E-state index in [0.29, 0.717) is 12.3 Å². The molecule has 2 aromatic rings. The maximum Gasteiger partial charge on any atom is 0.311 e. The number of aromatic nitrogens is 1. The fourth-order valence-electron chi connectivity index (χ4n) is 2.86. The van der Waals surface area contributed by atoms with Gasteiger partial charge in [-0.2, -0.15) is 0 Å². The van der Waals surface area contributed by atoms with Gasteiger partial charge in [0.15, 0.2) is 0 Å². The Kier molecular flexibility index (Phi) is 3.68. The number of ether oxygens (including phenoxy) is 1. The molecule has 0 fully saturated rings. The van der Waals surface area contributed by atoms with Crippen molar-refractivity contribution in [2.75, 3.05) is 6.61 Å². The second kappa shape index (κ2) is 5.48. The third-order valence-electron chi connectivity index (χ3n) is 3.87. The van der Waals surface area contributed by atoms with Crippen LogP contribution in [0.3, 0.4) is 0 Å². The predicted octanol–water partition coefficient (Wildman–Crippen LogP) is 2.52. The summed E-state index contributed by atoms with van der Waals surface area (Å²) in [6, 6.07) is 3.87. The van der Waals surface area contributed by atoms with E-state index in [2.05, 4.69) is 0 Å². The Hall–Kier alpha value is -1.88. The van der Waals surface area contributed by atoms with Crippen molar-refractivity contribution in [2.45, 2.75) is 26.2 Å². The first-order chi connectivity index (χ1) is 10.1. The maximum atomic E-state index is 12.7. The number of aryl methyl sites for hydroxylation is 2. The minimum Gasteiger partial charge on any atom is -0.466 e. The largest absolute Gasteiger partial charge is 0.466 e.